The van der Waals surface area contributed by atoms with Gasteiger partial charge in [-0.05, 0) is 12.1 Å². The highest BCUT2D eigenvalue weighted by Gasteiger charge is 2.20. The standard InChI is InChI=1S/C14H16N4O3/c1-18-8-9(7-16-18)12(15)13(19)17-11-6-4-3-5-10(11)14(20)21-2/h3-8,12H,15H2,1-2H3,(H,17,19). The zero-order chi connectivity index (χ0) is 15.4. The third-order valence-corrected chi connectivity index (χ3v) is 2.96. The first-order valence-corrected chi connectivity index (χ1v) is 6.25. The van der Waals surface area contributed by atoms with Crippen LogP contribution in [0.25, 0.3) is 0 Å². The molecule has 0 aliphatic rings. The Hall–Kier alpha value is -2.67. The van der Waals surface area contributed by atoms with E-state index in [0.29, 0.717) is 11.3 Å². The molecule has 2 aromatic rings. The SMILES string of the molecule is COC(=O)c1ccccc1NC(=O)C(N)c1cnn(C)c1. The Morgan fingerprint density at radius 3 is 2.71 bits per heavy atom. The summed E-state index contributed by atoms with van der Waals surface area (Å²) in [6, 6.07) is 5.70. The van der Waals surface area contributed by atoms with Crippen LogP contribution in [0.1, 0.15) is 22.0 Å². The maximum Gasteiger partial charge on any atom is 0.339 e. The molecule has 0 aliphatic carbocycles. The summed E-state index contributed by atoms with van der Waals surface area (Å²) in [5.41, 5.74) is 7.09. The summed E-state index contributed by atoms with van der Waals surface area (Å²) in [7, 11) is 3.02. The van der Waals surface area contributed by atoms with Crippen LogP contribution in [-0.2, 0) is 16.6 Å². The molecule has 1 unspecified atom stereocenters. The van der Waals surface area contributed by atoms with Crippen LogP contribution in [0, 0.1) is 0 Å². The number of esters is 1. The Morgan fingerprint density at radius 2 is 2.10 bits per heavy atom. The first-order valence-electron chi connectivity index (χ1n) is 6.25. The lowest BCUT2D eigenvalue weighted by molar-refractivity contribution is -0.117. The van der Waals surface area contributed by atoms with Crippen LogP contribution in [-0.4, -0.2) is 28.8 Å². The van der Waals surface area contributed by atoms with Crippen LogP contribution in [0.2, 0.25) is 0 Å². The summed E-state index contributed by atoms with van der Waals surface area (Å²) in [5.74, 6) is -0.958. The Morgan fingerprint density at radius 1 is 1.38 bits per heavy atom. The third-order valence-electron chi connectivity index (χ3n) is 2.96. The number of amides is 1. The number of rotatable bonds is 4. The number of nitrogens with one attached hydrogen (secondary N) is 1. The van der Waals surface area contributed by atoms with Gasteiger partial charge in [0, 0.05) is 18.8 Å². The van der Waals surface area contributed by atoms with Crippen molar-refractivity contribution in [2.75, 3.05) is 12.4 Å². The van der Waals surface area contributed by atoms with Gasteiger partial charge in [0.2, 0.25) is 5.91 Å². The van der Waals surface area contributed by atoms with Gasteiger partial charge in [0.05, 0.1) is 24.6 Å². The van der Waals surface area contributed by atoms with E-state index in [1.165, 1.54) is 13.3 Å². The molecular formula is C14H16N4O3. The number of ether oxygens (including phenoxy) is 1. The number of para-hydroxylation sites is 1. The Labute approximate surface area is 121 Å². The van der Waals surface area contributed by atoms with Gasteiger partial charge < -0.3 is 15.8 Å². The Kier molecular flexibility index (Phi) is 4.34. The predicted molar refractivity (Wildman–Crippen MR) is 76.5 cm³/mol. The molecule has 0 radical (unpaired) electrons. The molecular weight excluding hydrogens is 272 g/mol. The fraction of sp³-hybridized carbons (Fsp3) is 0.214. The number of carbonyl (C=O) groups is 2. The van der Waals surface area contributed by atoms with Crippen molar-refractivity contribution in [3.05, 3.63) is 47.8 Å². The topological polar surface area (TPSA) is 99.2 Å². The first-order chi connectivity index (χ1) is 10.0. The van der Waals surface area contributed by atoms with Crippen LogP contribution in [0.3, 0.4) is 0 Å². The van der Waals surface area contributed by atoms with Gasteiger partial charge in [-0.15, -0.1) is 0 Å². The van der Waals surface area contributed by atoms with E-state index < -0.39 is 17.9 Å². The number of hydrogen-bond acceptors (Lipinski definition) is 5. The predicted octanol–water partition coefficient (Wildman–Crippen LogP) is 0.845. The molecule has 0 aliphatic heterocycles. The molecule has 1 atom stereocenters. The highest BCUT2D eigenvalue weighted by Crippen LogP contribution is 2.18. The fourth-order valence-electron chi connectivity index (χ4n) is 1.84. The third kappa shape index (κ3) is 3.26. The van der Waals surface area contributed by atoms with E-state index in [9.17, 15) is 9.59 Å². The van der Waals surface area contributed by atoms with E-state index >= 15 is 0 Å². The molecule has 7 heteroatoms. The van der Waals surface area contributed by atoms with Gasteiger partial charge in [-0.2, -0.15) is 5.10 Å². The Bertz CT molecular complexity index is 666. The summed E-state index contributed by atoms with van der Waals surface area (Å²) < 4.78 is 6.23. The van der Waals surface area contributed by atoms with Gasteiger partial charge in [0.15, 0.2) is 0 Å². The first kappa shape index (κ1) is 14.7. The molecule has 0 saturated heterocycles. The molecule has 21 heavy (non-hydrogen) atoms. The van der Waals surface area contributed by atoms with E-state index in [0.717, 1.165) is 0 Å². The average Bonchev–Trinajstić information content (AvgIpc) is 2.92. The molecule has 0 bridgehead atoms. The van der Waals surface area contributed by atoms with Crippen LogP contribution < -0.4 is 11.1 Å². The van der Waals surface area contributed by atoms with E-state index in [2.05, 4.69) is 15.2 Å². The molecule has 1 heterocycles. The molecule has 3 N–H and O–H groups in total. The smallest absolute Gasteiger partial charge is 0.339 e. The number of methoxy groups -OCH3 is 1. The van der Waals surface area contributed by atoms with Gasteiger partial charge in [0.1, 0.15) is 6.04 Å². The van der Waals surface area contributed by atoms with Crippen molar-refractivity contribution < 1.29 is 14.3 Å². The maximum atomic E-state index is 12.2. The van der Waals surface area contributed by atoms with E-state index in [1.807, 2.05) is 0 Å². The average molecular weight is 288 g/mol. The van der Waals surface area contributed by atoms with Crippen molar-refractivity contribution in [1.29, 1.82) is 0 Å². The summed E-state index contributed by atoms with van der Waals surface area (Å²) in [6.07, 6.45) is 3.19. The van der Waals surface area contributed by atoms with Crippen molar-refractivity contribution in [3.8, 4) is 0 Å². The van der Waals surface area contributed by atoms with Crippen LogP contribution in [0.4, 0.5) is 5.69 Å². The Balaban J connectivity index is 2.18. The number of nitrogens with two attached hydrogens (primary N) is 1. The van der Waals surface area contributed by atoms with Gasteiger partial charge in [-0.25, -0.2) is 4.79 Å². The second-order valence-corrected chi connectivity index (χ2v) is 4.45. The number of carbonyl (C=O) groups excluding carboxylic acids is 2. The number of anilines is 1. The summed E-state index contributed by atoms with van der Waals surface area (Å²) in [4.78, 5) is 23.8. The molecule has 1 aromatic heterocycles. The van der Waals surface area contributed by atoms with E-state index in [1.54, 1.807) is 42.2 Å². The van der Waals surface area contributed by atoms with Crippen molar-refractivity contribution in [2.24, 2.45) is 12.8 Å². The largest absolute Gasteiger partial charge is 0.465 e. The van der Waals surface area contributed by atoms with Crippen molar-refractivity contribution in [1.82, 2.24) is 9.78 Å². The second-order valence-electron chi connectivity index (χ2n) is 4.45. The number of aryl methyl sites for hydroxylation is 1. The van der Waals surface area contributed by atoms with Gasteiger partial charge >= 0.3 is 5.97 Å². The lowest BCUT2D eigenvalue weighted by atomic mass is 10.1. The molecule has 7 nitrogen and oxygen atoms in total. The second kappa shape index (κ2) is 6.19. The highest BCUT2D eigenvalue weighted by atomic mass is 16.5. The molecule has 1 aromatic carbocycles. The minimum atomic E-state index is -0.871. The van der Waals surface area contributed by atoms with Crippen molar-refractivity contribution in [2.45, 2.75) is 6.04 Å². The monoisotopic (exact) mass is 288 g/mol. The lowest BCUT2D eigenvalue weighted by Crippen LogP contribution is -2.28. The van der Waals surface area contributed by atoms with Gasteiger partial charge in [-0.3, -0.25) is 9.48 Å². The molecule has 1 amide bonds. The van der Waals surface area contributed by atoms with Gasteiger partial charge in [0.25, 0.3) is 0 Å². The van der Waals surface area contributed by atoms with Crippen molar-refractivity contribution >= 4 is 17.6 Å². The van der Waals surface area contributed by atoms with Crippen LogP contribution in [0.15, 0.2) is 36.7 Å². The van der Waals surface area contributed by atoms with Crippen molar-refractivity contribution in [3.63, 3.8) is 0 Å². The van der Waals surface area contributed by atoms with Crippen LogP contribution in [0.5, 0.6) is 0 Å². The number of nitrogens with zero attached hydrogens (tertiary/aromatic N) is 2. The highest BCUT2D eigenvalue weighted by molar-refractivity contribution is 6.02. The van der Waals surface area contributed by atoms with Gasteiger partial charge in [-0.1, -0.05) is 12.1 Å². The summed E-state index contributed by atoms with van der Waals surface area (Å²) >= 11 is 0. The zero-order valence-electron chi connectivity index (χ0n) is 11.7. The molecule has 110 valence electrons. The maximum absolute atomic E-state index is 12.2. The van der Waals surface area contributed by atoms with E-state index in [-0.39, 0.29) is 5.56 Å². The number of aromatic nitrogens is 2. The zero-order valence-corrected chi connectivity index (χ0v) is 11.7. The number of benzene rings is 1. The van der Waals surface area contributed by atoms with Crippen LogP contribution >= 0.6 is 0 Å². The minimum Gasteiger partial charge on any atom is -0.465 e. The molecule has 0 saturated carbocycles. The summed E-state index contributed by atoms with van der Waals surface area (Å²) in [6.45, 7) is 0. The molecule has 0 fully saturated rings. The van der Waals surface area contributed by atoms with E-state index in [4.69, 9.17) is 5.73 Å². The minimum absolute atomic E-state index is 0.270. The quantitative estimate of drug-likeness (QED) is 0.812. The number of hydrogen-bond donors (Lipinski definition) is 2. The molecule has 0 spiro atoms. The lowest BCUT2D eigenvalue weighted by Gasteiger charge is -2.13. The normalized spacial score (nSPS) is 11.8. The molecule has 2 rings (SSSR count). The summed E-state index contributed by atoms with van der Waals surface area (Å²) in [5, 5.41) is 6.60. The fourth-order valence-corrected chi connectivity index (χ4v) is 1.84.